The average molecular weight is 192 g/mol. The van der Waals surface area contributed by atoms with E-state index in [1.165, 1.54) is 0 Å². The van der Waals surface area contributed by atoms with E-state index in [1.54, 1.807) is 7.11 Å². The number of hydrogen-bond donors (Lipinski definition) is 2. The Bertz CT molecular complexity index is 327. The largest absolute Gasteiger partial charge is 0.496 e. The van der Waals surface area contributed by atoms with E-state index in [2.05, 4.69) is 0 Å². The molecule has 14 heavy (non-hydrogen) atoms. The molecule has 1 aliphatic rings. The van der Waals surface area contributed by atoms with E-state index >= 15 is 0 Å². The molecule has 0 aliphatic heterocycles. The van der Waals surface area contributed by atoms with Crippen molar-refractivity contribution in [2.45, 2.75) is 18.2 Å². The van der Waals surface area contributed by atoms with Gasteiger partial charge in [0.1, 0.15) is 5.75 Å². The molecule has 2 rings (SSSR count). The van der Waals surface area contributed by atoms with Gasteiger partial charge in [0.2, 0.25) is 0 Å². The SMILES string of the molecule is COc1ccccc1[C@@H]1C[C@H]1B(O)O. The number of benzene rings is 1. The van der Waals surface area contributed by atoms with Gasteiger partial charge in [-0.25, -0.2) is 0 Å². The number of rotatable bonds is 3. The summed E-state index contributed by atoms with van der Waals surface area (Å²) in [6.45, 7) is 0. The fourth-order valence-electron chi connectivity index (χ4n) is 1.87. The normalized spacial score (nSPS) is 24.5. The van der Waals surface area contributed by atoms with Crippen LogP contribution in [-0.4, -0.2) is 24.3 Å². The molecule has 0 radical (unpaired) electrons. The first-order chi connectivity index (χ1) is 6.74. The van der Waals surface area contributed by atoms with Crippen LogP contribution in [0.1, 0.15) is 17.9 Å². The van der Waals surface area contributed by atoms with E-state index in [1.807, 2.05) is 24.3 Å². The molecule has 1 aromatic rings. The number of methoxy groups -OCH3 is 1. The summed E-state index contributed by atoms with van der Waals surface area (Å²) in [5, 5.41) is 18.0. The Hall–Kier alpha value is -0.995. The van der Waals surface area contributed by atoms with Gasteiger partial charge < -0.3 is 14.8 Å². The summed E-state index contributed by atoms with van der Waals surface area (Å²) in [4.78, 5) is 0. The van der Waals surface area contributed by atoms with Gasteiger partial charge in [0.25, 0.3) is 0 Å². The Morgan fingerprint density at radius 2 is 2.07 bits per heavy atom. The third-order valence-electron chi connectivity index (χ3n) is 2.76. The van der Waals surface area contributed by atoms with Crippen LogP contribution in [0, 0.1) is 0 Å². The first-order valence-electron chi connectivity index (χ1n) is 4.73. The number of ether oxygens (including phenoxy) is 1. The molecule has 0 aromatic heterocycles. The highest BCUT2D eigenvalue weighted by molar-refractivity contribution is 6.44. The molecule has 4 heteroatoms. The zero-order valence-corrected chi connectivity index (χ0v) is 8.05. The molecule has 0 saturated heterocycles. The summed E-state index contributed by atoms with van der Waals surface area (Å²) in [5.74, 6) is 1.05. The summed E-state index contributed by atoms with van der Waals surface area (Å²) in [7, 11) is 0.427. The zero-order chi connectivity index (χ0) is 10.1. The van der Waals surface area contributed by atoms with Crippen molar-refractivity contribution < 1.29 is 14.8 Å². The van der Waals surface area contributed by atoms with Crippen molar-refractivity contribution in [3.8, 4) is 5.75 Å². The summed E-state index contributed by atoms with van der Waals surface area (Å²) in [6, 6.07) is 7.73. The lowest BCUT2D eigenvalue weighted by molar-refractivity contribution is 0.399. The smallest absolute Gasteiger partial charge is 0.455 e. The van der Waals surface area contributed by atoms with Crippen molar-refractivity contribution >= 4 is 7.12 Å². The van der Waals surface area contributed by atoms with Gasteiger partial charge in [0, 0.05) is 5.82 Å². The lowest BCUT2D eigenvalue weighted by atomic mass is 9.81. The minimum absolute atomic E-state index is 0.0219. The van der Waals surface area contributed by atoms with Crippen molar-refractivity contribution in [3.05, 3.63) is 29.8 Å². The quantitative estimate of drug-likeness (QED) is 0.703. The summed E-state index contributed by atoms with van der Waals surface area (Å²) in [5.41, 5.74) is 1.08. The van der Waals surface area contributed by atoms with Gasteiger partial charge in [-0.05, 0) is 24.0 Å². The predicted molar refractivity (Wildman–Crippen MR) is 54.3 cm³/mol. The van der Waals surface area contributed by atoms with Crippen LogP contribution in [0.2, 0.25) is 5.82 Å². The van der Waals surface area contributed by atoms with Gasteiger partial charge in [-0.1, -0.05) is 18.2 Å². The van der Waals surface area contributed by atoms with Gasteiger partial charge >= 0.3 is 7.12 Å². The van der Waals surface area contributed by atoms with E-state index < -0.39 is 7.12 Å². The maximum Gasteiger partial charge on any atom is 0.455 e. The molecule has 0 bridgehead atoms. The average Bonchev–Trinajstić information content (AvgIpc) is 2.97. The second kappa shape index (κ2) is 3.63. The third kappa shape index (κ3) is 1.63. The number of hydrogen-bond acceptors (Lipinski definition) is 3. The summed E-state index contributed by atoms with van der Waals surface area (Å²) < 4.78 is 5.21. The van der Waals surface area contributed by atoms with Crippen molar-refractivity contribution in [1.82, 2.24) is 0 Å². The van der Waals surface area contributed by atoms with Crippen LogP contribution in [-0.2, 0) is 0 Å². The van der Waals surface area contributed by atoms with Crippen LogP contribution < -0.4 is 4.74 Å². The fraction of sp³-hybridized carbons (Fsp3) is 0.400. The molecule has 1 fully saturated rings. The van der Waals surface area contributed by atoms with Crippen LogP contribution in [0.25, 0.3) is 0 Å². The van der Waals surface area contributed by atoms with E-state index in [-0.39, 0.29) is 11.7 Å². The highest BCUT2D eigenvalue weighted by Gasteiger charge is 2.47. The maximum absolute atomic E-state index is 9.00. The lowest BCUT2D eigenvalue weighted by Gasteiger charge is -2.07. The molecule has 1 aromatic carbocycles. The molecule has 0 amide bonds. The van der Waals surface area contributed by atoms with Gasteiger partial charge in [0.05, 0.1) is 7.11 Å². The maximum atomic E-state index is 9.00. The Labute approximate surface area is 83.5 Å². The van der Waals surface area contributed by atoms with Crippen LogP contribution in [0.3, 0.4) is 0 Å². The molecule has 0 spiro atoms. The van der Waals surface area contributed by atoms with Crippen LogP contribution in [0.5, 0.6) is 5.75 Å². The third-order valence-corrected chi connectivity index (χ3v) is 2.76. The molecule has 1 saturated carbocycles. The molecule has 74 valence electrons. The lowest BCUT2D eigenvalue weighted by Crippen LogP contribution is -2.11. The number of para-hydroxylation sites is 1. The van der Waals surface area contributed by atoms with Crippen molar-refractivity contribution in [2.24, 2.45) is 0 Å². The van der Waals surface area contributed by atoms with E-state index in [0.29, 0.717) is 0 Å². The molecular weight excluding hydrogens is 179 g/mol. The predicted octanol–water partition coefficient (Wildman–Crippen LogP) is 1.03. The molecule has 0 heterocycles. The minimum Gasteiger partial charge on any atom is -0.496 e. The highest BCUT2D eigenvalue weighted by atomic mass is 16.5. The Balaban J connectivity index is 2.18. The van der Waals surface area contributed by atoms with Gasteiger partial charge in [0.15, 0.2) is 0 Å². The zero-order valence-electron chi connectivity index (χ0n) is 8.05. The fourth-order valence-corrected chi connectivity index (χ4v) is 1.87. The molecule has 2 atom stereocenters. The minimum atomic E-state index is -1.20. The van der Waals surface area contributed by atoms with Gasteiger partial charge in [-0.15, -0.1) is 0 Å². The van der Waals surface area contributed by atoms with Gasteiger partial charge in [-0.3, -0.25) is 0 Å². The highest BCUT2D eigenvalue weighted by Crippen LogP contribution is 2.55. The first kappa shape index (κ1) is 9.56. The van der Waals surface area contributed by atoms with E-state index in [4.69, 9.17) is 14.8 Å². The molecular formula is C10H13BO3. The first-order valence-corrected chi connectivity index (χ1v) is 4.73. The van der Waals surface area contributed by atoms with Crippen molar-refractivity contribution in [2.75, 3.05) is 7.11 Å². The molecule has 1 aliphatic carbocycles. The van der Waals surface area contributed by atoms with Gasteiger partial charge in [-0.2, -0.15) is 0 Å². The molecule has 2 N–H and O–H groups in total. The second-order valence-electron chi connectivity index (χ2n) is 3.66. The van der Waals surface area contributed by atoms with E-state index in [0.717, 1.165) is 17.7 Å². The summed E-state index contributed by atoms with van der Waals surface area (Å²) in [6.07, 6.45) is 0.831. The van der Waals surface area contributed by atoms with Crippen molar-refractivity contribution in [3.63, 3.8) is 0 Å². The van der Waals surface area contributed by atoms with E-state index in [9.17, 15) is 0 Å². The standard InChI is InChI=1S/C10H13BO3/c1-14-10-5-3-2-4-7(10)8-6-9(8)11(12)13/h2-5,8-9,12-13H,6H2,1H3/t8-,9+/m0/s1. The van der Waals surface area contributed by atoms with Crippen LogP contribution in [0.4, 0.5) is 0 Å². The molecule has 3 nitrogen and oxygen atoms in total. The Kier molecular flexibility index (Phi) is 2.48. The molecule has 0 unspecified atom stereocenters. The Morgan fingerprint density at radius 3 is 2.64 bits per heavy atom. The Morgan fingerprint density at radius 1 is 1.36 bits per heavy atom. The van der Waals surface area contributed by atoms with Crippen molar-refractivity contribution in [1.29, 1.82) is 0 Å². The topological polar surface area (TPSA) is 49.7 Å². The summed E-state index contributed by atoms with van der Waals surface area (Å²) >= 11 is 0. The van der Waals surface area contributed by atoms with Crippen LogP contribution in [0.15, 0.2) is 24.3 Å². The monoisotopic (exact) mass is 192 g/mol. The second-order valence-corrected chi connectivity index (χ2v) is 3.66. The van der Waals surface area contributed by atoms with Crippen LogP contribution >= 0.6 is 0 Å².